The normalized spacial score (nSPS) is 15.1. The Balaban J connectivity index is 1.78. The molecule has 0 saturated heterocycles. The molecular weight excluding hydrogens is 382 g/mol. The van der Waals surface area contributed by atoms with Gasteiger partial charge in [-0.2, -0.15) is 0 Å². The van der Waals surface area contributed by atoms with Crippen molar-refractivity contribution in [2.75, 3.05) is 19.0 Å². The predicted octanol–water partition coefficient (Wildman–Crippen LogP) is 3.48. The van der Waals surface area contributed by atoms with Crippen LogP contribution in [0.1, 0.15) is 23.5 Å². The minimum absolute atomic E-state index is 0.137. The summed E-state index contributed by atoms with van der Waals surface area (Å²) in [6.45, 7) is 3.98. The van der Waals surface area contributed by atoms with Crippen LogP contribution in [-0.4, -0.2) is 29.6 Å². The molecule has 0 spiro atoms. The van der Waals surface area contributed by atoms with Gasteiger partial charge in [0.15, 0.2) is 11.5 Å². The first-order chi connectivity index (χ1) is 14.6. The summed E-state index contributed by atoms with van der Waals surface area (Å²) in [6, 6.07) is 14.7. The van der Waals surface area contributed by atoms with E-state index in [0.29, 0.717) is 29.5 Å². The molecule has 3 aromatic rings. The maximum atomic E-state index is 13.0. The van der Waals surface area contributed by atoms with Gasteiger partial charge in [-0.3, -0.25) is 9.59 Å². The lowest BCUT2D eigenvalue weighted by atomic mass is 9.86. The third-order valence-electron chi connectivity index (χ3n) is 4.95. The number of hydrogen-bond acceptors (Lipinski definition) is 5. The quantitative estimate of drug-likeness (QED) is 0.615. The molecule has 2 heterocycles. The summed E-state index contributed by atoms with van der Waals surface area (Å²) < 4.78 is 11.0. The van der Waals surface area contributed by atoms with Crippen molar-refractivity contribution in [3.8, 4) is 22.9 Å². The lowest BCUT2D eigenvalue weighted by molar-refractivity contribution is -0.116. The summed E-state index contributed by atoms with van der Waals surface area (Å²) >= 11 is 0. The molecule has 7 nitrogen and oxygen atoms in total. The van der Waals surface area contributed by atoms with E-state index in [9.17, 15) is 9.59 Å². The Morgan fingerprint density at radius 3 is 2.70 bits per heavy atom. The summed E-state index contributed by atoms with van der Waals surface area (Å²) in [5.74, 6) is 1.13. The topological polar surface area (TPSA) is 93.3 Å². The van der Waals surface area contributed by atoms with Gasteiger partial charge < -0.3 is 19.8 Å². The second-order valence-electron chi connectivity index (χ2n) is 6.86. The van der Waals surface area contributed by atoms with E-state index < -0.39 is 5.92 Å². The number of rotatable bonds is 6. The summed E-state index contributed by atoms with van der Waals surface area (Å²) in [6.07, 6.45) is 1.78. The van der Waals surface area contributed by atoms with Gasteiger partial charge in [-0.1, -0.05) is 49.1 Å². The number of carbonyl (C=O) groups is 1. The number of H-pyrrole nitrogens is 1. The van der Waals surface area contributed by atoms with E-state index in [4.69, 9.17) is 9.47 Å². The molecule has 0 aliphatic carbocycles. The fraction of sp³-hybridized carbons (Fsp3) is 0.174. The van der Waals surface area contributed by atoms with E-state index in [1.165, 1.54) is 0 Å². The number of anilines is 1. The highest BCUT2D eigenvalue weighted by Gasteiger charge is 2.31. The summed E-state index contributed by atoms with van der Waals surface area (Å²) in [5.41, 5.74) is 1.68. The Hall–Kier alpha value is -3.87. The zero-order valence-electron chi connectivity index (χ0n) is 16.5. The lowest BCUT2D eigenvalue weighted by Gasteiger charge is -2.25. The molecule has 30 heavy (non-hydrogen) atoms. The van der Waals surface area contributed by atoms with Crippen LogP contribution in [0, 0.1) is 0 Å². The number of fused-ring (bicyclic) bond motifs is 1. The molecule has 0 radical (unpaired) electrons. The first-order valence-corrected chi connectivity index (χ1v) is 9.51. The number of nitrogens with zero attached hydrogens (tertiary/aromatic N) is 1. The number of aromatic amines is 1. The van der Waals surface area contributed by atoms with Crippen LogP contribution in [0.15, 0.2) is 66.0 Å². The van der Waals surface area contributed by atoms with Gasteiger partial charge in [0.05, 0.1) is 12.7 Å². The minimum Gasteiger partial charge on any atom is -0.493 e. The first-order valence-electron chi connectivity index (χ1n) is 9.51. The number of nitrogens with one attached hydrogen (secondary N) is 2. The van der Waals surface area contributed by atoms with Gasteiger partial charge >= 0.3 is 0 Å². The van der Waals surface area contributed by atoms with E-state index in [1.807, 2.05) is 36.4 Å². The molecule has 1 aliphatic heterocycles. The Morgan fingerprint density at radius 2 is 1.97 bits per heavy atom. The number of ether oxygens (including phenoxy) is 2. The van der Waals surface area contributed by atoms with Crippen molar-refractivity contribution in [2.24, 2.45) is 0 Å². The van der Waals surface area contributed by atoms with Crippen LogP contribution in [0.25, 0.3) is 11.4 Å². The molecule has 1 unspecified atom stereocenters. The Morgan fingerprint density at radius 1 is 1.17 bits per heavy atom. The maximum Gasteiger partial charge on any atom is 0.257 e. The summed E-state index contributed by atoms with van der Waals surface area (Å²) in [5, 5.41) is 2.74. The van der Waals surface area contributed by atoms with E-state index in [1.54, 1.807) is 25.3 Å². The molecule has 152 valence electrons. The van der Waals surface area contributed by atoms with E-state index in [2.05, 4.69) is 21.9 Å². The Labute approximate surface area is 173 Å². The second-order valence-corrected chi connectivity index (χ2v) is 6.86. The zero-order chi connectivity index (χ0) is 21.1. The number of carbonyl (C=O) groups excluding carboxylic acids is 1. The monoisotopic (exact) mass is 403 g/mol. The van der Waals surface area contributed by atoms with Crippen LogP contribution in [0.2, 0.25) is 0 Å². The van der Waals surface area contributed by atoms with Gasteiger partial charge in [0.2, 0.25) is 5.91 Å². The van der Waals surface area contributed by atoms with Crippen molar-refractivity contribution < 1.29 is 14.3 Å². The molecular formula is C23H21N3O4. The van der Waals surface area contributed by atoms with Crippen LogP contribution < -0.4 is 20.3 Å². The average Bonchev–Trinajstić information content (AvgIpc) is 2.77. The van der Waals surface area contributed by atoms with Crippen molar-refractivity contribution in [3.05, 3.63) is 82.7 Å². The van der Waals surface area contributed by atoms with Gasteiger partial charge in [0, 0.05) is 17.9 Å². The number of aromatic nitrogens is 2. The number of amides is 1. The molecule has 2 aromatic carbocycles. The molecule has 7 heteroatoms. The molecule has 1 aromatic heterocycles. The molecule has 4 rings (SSSR count). The van der Waals surface area contributed by atoms with Crippen molar-refractivity contribution in [1.29, 1.82) is 0 Å². The smallest absolute Gasteiger partial charge is 0.257 e. The fourth-order valence-electron chi connectivity index (χ4n) is 3.56. The van der Waals surface area contributed by atoms with Crippen LogP contribution in [0.5, 0.6) is 11.5 Å². The van der Waals surface area contributed by atoms with Gasteiger partial charge in [-0.25, -0.2) is 4.98 Å². The van der Waals surface area contributed by atoms with Gasteiger partial charge in [0.25, 0.3) is 5.56 Å². The van der Waals surface area contributed by atoms with Gasteiger partial charge in [0.1, 0.15) is 18.2 Å². The fourth-order valence-corrected chi connectivity index (χ4v) is 3.56. The Bertz CT molecular complexity index is 1150. The third kappa shape index (κ3) is 3.69. The van der Waals surface area contributed by atoms with E-state index in [0.717, 1.165) is 11.1 Å². The number of methoxy groups -OCH3 is 1. The standard InChI is InChI=1S/C23H21N3O4/c1-3-11-30-17-10-9-15(12-18(17)29-2)16-13-19(27)24-22-20(16)23(28)26-21(25-22)14-7-5-4-6-8-14/h3-10,12,16H,1,11,13H2,2H3,(H2,24,25,26,27,28). The minimum atomic E-state index is -0.447. The average molecular weight is 403 g/mol. The van der Waals surface area contributed by atoms with Crippen LogP contribution in [-0.2, 0) is 4.79 Å². The predicted molar refractivity (Wildman–Crippen MR) is 114 cm³/mol. The lowest BCUT2D eigenvalue weighted by Crippen LogP contribution is -2.31. The maximum absolute atomic E-state index is 13.0. The number of hydrogen-bond donors (Lipinski definition) is 2. The van der Waals surface area contributed by atoms with Crippen molar-refractivity contribution in [2.45, 2.75) is 12.3 Å². The van der Waals surface area contributed by atoms with E-state index in [-0.39, 0.29) is 23.7 Å². The summed E-state index contributed by atoms with van der Waals surface area (Å²) in [4.78, 5) is 32.8. The molecule has 0 fully saturated rings. The molecule has 2 N–H and O–H groups in total. The highest BCUT2D eigenvalue weighted by atomic mass is 16.5. The van der Waals surface area contributed by atoms with Crippen LogP contribution in [0.3, 0.4) is 0 Å². The zero-order valence-corrected chi connectivity index (χ0v) is 16.5. The second kappa shape index (κ2) is 8.24. The SMILES string of the molecule is C=CCOc1ccc(C2CC(=O)Nc3nc(-c4ccccc4)[nH]c(=O)c32)cc1OC. The molecule has 1 aliphatic rings. The largest absolute Gasteiger partial charge is 0.493 e. The first kappa shape index (κ1) is 19.4. The highest BCUT2D eigenvalue weighted by Crippen LogP contribution is 2.38. The Kier molecular flexibility index (Phi) is 5.34. The third-order valence-corrected chi connectivity index (χ3v) is 4.95. The van der Waals surface area contributed by atoms with Crippen molar-refractivity contribution in [1.82, 2.24) is 9.97 Å². The van der Waals surface area contributed by atoms with Crippen LogP contribution in [0.4, 0.5) is 5.82 Å². The molecule has 1 atom stereocenters. The molecule has 1 amide bonds. The van der Waals surface area contributed by atoms with E-state index >= 15 is 0 Å². The van der Waals surface area contributed by atoms with Gasteiger partial charge in [-0.15, -0.1) is 0 Å². The van der Waals surface area contributed by atoms with Crippen molar-refractivity contribution in [3.63, 3.8) is 0 Å². The molecule has 0 bridgehead atoms. The van der Waals surface area contributed by atoms with Gasteiger partial charge in [-0.05, 0) is 17.7 Å². The van der Waals surface area contributed by atoms with Crippen LogP contribution >= 0.6 is 0 Å². The molecule has 0 saturated carbocycles. The van der Waals surface area contributed by atoms with Crippen molar-refractivity contribution >= 4 is 11.7 Å². The number of benzene rings is 2. The highest BCUT2D eigenvalue weighted by molar-refractivity contribution is 5.94. The summed E-state index contributed by atoms with van der Waals surface area (Å²) in [7, 11) is 1.54.